The Labute approximate surface area is 226 Å². The summed E-state index contributed by atoms with van der Waals surface area (Å²) in [5, 5.41) is 22.3. The van der Waals surface area contributed by atoms with Crippen molar-refractivity contribution in [3.05, 3.63) is 58.1 Å². The summed E-state index contributed by atoms with van der Waals surface area (Å²) < 4.78 is 5.94. The van der Waals surface area contributed by atoms with Crippen molar-refractivity contribution in [2.24, 2.45) is 10.2 Å². The van der Waals surface area contributed by atoms with Gasteiger partial charge in [0.15, 0.2) is 12.3 Å². The molecule has 0 aliphatic rings. The maximum atomic E-state index is 13.2. The number of hydrogen-bond acceptors (Lipinski definition) is 8. The molecule has 0 heterocycles. The van der Waals surface area contributed by atoms with Crippen LogP contribution in [0.5, 0.6) is 5.75 Å². The number of hydrogen-bond donors (Lipinski definition) is 3. The highest BCUT2D eigenvalue weighted by atomic mass is 79.9. The van der Waals surface area contributed by atoms with E-state index in [1.54, 1.807) is 37.3 Å². The number of anilines is 2. The van der Waals surface area contributed by atoms with Gasteiger partial charge in [-0.3, -0.25) is 25.1 Å². The average Bonchev–Trinajstić information content (AvgIpc) is 2.79. The highest BCUT2D eigenvalue weighted by Gasteiger charge is 2.20. The minimum Gasteiger partial charge on any atom is -1.00 e. The Kier molecular flexibility index (Phi) is 11.8. The summed E-state index contributed by atoms with van der Waals surface area (Å²) in [6, 6.07) is 11.4. The molecule has 2 amide bonds. The lowest BCUT2D eigenvalue weighted by Crippen LogP contribution is -3.00. The molecule has 0 saturated heterocycles. The number of carbonyl (C=O) groups excluding carboxylic acids is 2. The lowest BCUT2D eigenvalue weighted by atomic mass is 10.2. The van der Waals surface area contributed by atoms with Crippen LogP contribution in [0, 0.1) is 17.0 Å². The number of nitrogens with zero attached hydrogens (tertiary/aromatic N) is 4. The molecule has 0 radical (unpaired) electrons. The number of carbonyl (C=O) groups is 2. The van der Waals surface area contributed by atoms with E-state index in [1.807, 2.05) is 28.1 Å². The number of halogens is 1. The van der Waals surface area contributed by atoms with E-state index >= 15 is 0 Å². The fraction of sp³-hybridized carbons (Fsp3) is 0.333. The molecule has 0 fully saturated rings. The number of ether oxygens (including phenoxy) is 1. The SMILES string of the molecule is CCOc1ccccc1NC(=O)C(=N\Nc1ccc(C)cc1[N+](=O)[O-])/C(C)=N/NC(=O)C[N+](C)(C)C.[Br-]. The molecule has 0 aliphatic heterocycles. The summed E-state index contributed by atoms with van der Waals surface area (Å²) in [5.41, 5.74) is 5.88. The first-order chi connectivity index (χ1) is 16.9. The molecule has 0 aromatic heterocycles. The van der Waals surface area contributed by atoms with E-state index in [9.17, 15) is 19.7 Å². The highest BCUT2D eigenvalue weighted by molar-refractivity contribution is 6.68. The fourth-order valence-corrected chi connectivity index (χ4v) is 3.00. The molecule has 37 heavy (non-hydrogen) atoms. The molecule has 0 bridgehead atoms. The Morgan fingerprint density at radius 3 is 2.38 bits per heavy atom. The molecule has 0 spiro atoms. The van der Waals surface area contributed by atoms with Crippen LogP contribution in [0.2, 0.25) is 0 Å². The number of likely N-dealkylation sites (N-methyl/N-ethyl adjacent to an activating group) is 1. The van der Waals surface area contributed by atoms with Gasteiger partial charge in [0.05, 0.1) is 44.1 Å². The largest absolute Gasteiger partial charge is 1.00 e. The molecule has 13 heteroatoms. The summed E-state index contributed by atoms with van der Waals surface area (Å²) in [7, 11) is 5.56. The van der Waals surface area contributed by atoms with E-state index in [2.05, 4.69) is 26.4 Å². The van der Waals surface area contributed by atoms with Crippen LogP contribution >= 0.6 is 0 Å². The molecule has 0 saturated carbocycles. The first-order valence-corrected chi connectivity index (χ1v) is 11.2. The van der Waals surface area contributed by atoms with Crippen molar-refractivity contribution in [1.82, 2.24) is 5.43 Å². The lowest BCUT2D eigenvalue weighted by Gasteiger charge is -2.22. The van der Waals surface area contributed by atoms with E-state index in [0.29, 0.717) is 28.1 Å². The topological polar surface area (TPSA) is 147 Å². The molecule has 3 N–H and O–H groups in total. The van der Waals surface area contributed by atoms with Gasteiger partial charge in [-0.25, -0.2) is 5.43 Å². The smallest absolute Gasteiger partial charge is 0.295 e. The Balaban J connectivity index is 0.00000684. The molecular formula is C24H32BrN7O5. The maximum absolute atomic E-state index is 13.2. The molecule has 0 unspecified atom stereocenters. The molecule has 2 aromatic rings. The minimum absolute atomic E-state index is 0. The van der Waals surface area contributed by atoms with Crippen LogP contribution in [0.4, 0.5) is 17.1 Å². The Bertz CT molecular complexity index is 1190. The van der Waals surface area contributed by atoms with Gasteiger partial charge in [0.25, 0.3) is 17.5 Å². The van der Waals surface area contributed by atoms with Crippen molar-refractivity contribution in [3.8, 4) is 5.75 Å². The van der Waals surface area contributed by atoms with Gasteiger partial charge in [-0.05, 0) is 44.5 Å². The second-order valence-corrected chi connectivity index (χ2v) is 8.91. The van der Waals surface area contributed by atoms with Crippen molar-refractivity contribution >= 4 is 40.3 Å². The summed E-state index contributed by atoms with van der Waals surface area (Å²) >= 11 is 0. The van der Waals surface area contributed by atoms with Gasteiger partial charge in [0.1, 0.15) is 11.4 Å². The van der Waals surface area contributed by atoms with E-state index in [1.165, 1.54) is 19.1 Å². The number of rotatable bonds is 11. The second-order valence-electron chi connectivity index (χ2n) is 8.91. The van der Waals surface area contributed by atoms with Gasteiger partial charge in [0.2, 0.25) is 0 Å². The van der Waals surface area contributed by atoms with Crippen LogP contribution in [-0.4, -0.2) is 66.9 Å². The fourth-order valence-electron chi connectivity index (χ4n) is 3.00. The van der Waals surface area contributed by atoms with Crippen molar-refractivity contribution < 1.29 is 40.7 Å². The number of aryl methyl sites for hydroxylation is 1. The summed E-state index contributed by atoms with van der Waals surface area (Å²) in [5.74, 6) is -0.558. The van der Waals surface area contributed by atoms with E-state index in [-0.39, 0.29) is 52.2 Å². The van der Waals surface area contributed by atoms with Crippen molar-refractivity contribution in [2.75, 3.05) is 45.0 Å². The zero-order chi connectivity index (χ0) is 26.9. The van der Waals surface area contributed by atoms with Gasteiger partial charge < -0.3 is 31.5 Å². The van der Waals surface area contributed by atoms with Crippen LogP contribution in [0.15, 0.2) is 52.7 Å². The van der Waals surface area contributed by atoms with Crippen LogP contribution in [0.3, 0.4) is 0 Å². The Hall–Kier alpha value is -3.84. The standard InChI is InChI=1S/C24H31N7O5.BrH/c1-7-36-21-11-9-8-10-19(21)25-24(33)23(17(3)26-28-22(32)15-31(4,5)6)29-27-18-13-12-16(2)14-20(18)30(34)35;/h8-14H,7,15H2,1-6H3,(H2-,25,26,27,28,29,32,33);1H. The molecule has 12 nitrogen and oxygen atoms in total. The van der Waals surface area contributed by atoms with Crippen molar-refractivity contribution in [1.29, 1.82) is 0 Å². The van der Waals surface area contributed by atoms with E-state index in [0.717, 1.165) is 0 Å². The zero-order valence-electron chi connectivity index (χ0n) is 21.7. The molecule has 2 aromatic carbocycles. The number of para-hydroxylation sites is 2. The van der Waals surface area contributed by atoms with Gasteiger partial charge in [-0.1, -0.05) is 18.2 Å². The first kappa shape index (κ1) is 31.2. The van der Waals surface area contributed by atoms with E-state index in [4.69, 9.17) is 4.74 Å². The first-order valence-electron chi connectivity index (χ1n) is 11.2. The highest BCUT2D eigenvalue weighted by Crippen LogP contribution is 2.26. The second kappa shape index (κ2) is 14.0. The number of hydrazone groups is 2. The normalized spacial score (nSPS) is 11.7. The lowest BCUT2D eigenvalue weighted by molar-refractivity contribution is -0.862. The molecule has 0 atom stereocenters. The van der Waals surface area contributed by atoms with Crippen LogP contribution in [0.25, 0.3) is 0 Å². The number of amides is 2. The van der Waals surface area contributed by atoms with Gasteiger partial charge >= 0.3 is 0 Å². The molecule has 200 valence electrons. The summed E-state index contributed by atoms with van der Waals surface area (Å²) in [6.07, 6.45) is 0. The predicted molar refractivity (Wildman–Crippen MR) is 139 cm³/mol. The van der Waals surface area contributed by atoms with Gasteiger partial charge in [-0.2, -0.15) is 10.2 Å². The minimum atomic E-state index is -0.661. The molecular weight excluding hydrogens is 546 g/mol. The maximum Gasteiger partial charge on any atom is 0.295 e. The Morgan fingerprint density at radius 1 is 1.08 bits per heavy atom. The predicted octanol–water partition coefficient (Wildman–Crippen LogP) is -0.0892. The van der Waals surface area contributed by atoms with E-state index < -0.39 is 10.8 Å². The van der Waals surface area contributed by atoms with Crippen LogP contribution in [-0.2, 0) is 9.59 Å². The summed E-state index contributed by atoms with van der Waals surface area (Å²) in [4.78, 5) is 36.3. The van der Waals surface area contributed by atoms with Crippen LogP contribution in [0.1, 0.15) is 19.4 Å². The number of nitro benzene ring substituents is 1. The molecule has 0 aliphatic carbocycles. The van der Waals surface area contributed by atoms with Crippen LogP contribution < -0.4 is 37.9 Å². The van der Waals surface area contributed by atoms with Crippen molar-refractivity contribution in [3.63, 3.8) is 0 Å². The third-order valence-corrected chi connectivity index (χ3v) is 4.60. The zero-order valence-corrected chi connectivity index (χ0v) is 23.2. The monoisotopic (exact) mass is 577 g/mol. The number of nitro groups is 1. The van der Waals surface area contributed by atoms with Gasteiger partial charge in [-0.15, -0.1) is 0 Å². The summed E-state index contributed by atoms with van der Waals surface area (Å²) in [6.45, 7) is 5.59. The number of quaternary nitrogens is 1. The molecule has 2 rings (SSSR count). The average molecular weight is 578 g/mol. The number of nitrogens with one attached hydrogen (secondary N) is 3. The third kappa shape index (κ3) is 9.97. The number of benzene rings is 2. The van der Waals surface area contributed by atoms with Gasteiger partial charge in [0, 0.05) is 6.07 Å². The third-order valence-electron chi connectivity index (χ3n) is 4.60. The quantitative estimate of drug-likeness (QED) is 0.147. The Morgan fingerprint density at radius 2 is 1.76 bits per heavy atom. The van der Waals surface area contributed by atoms with Crippen molar-refractivity contribution in [2.45, 2.75) is 20.8 Å².